The lowest BCUT2D eigenvalue weighted by molar-refractivity contribution is 0.0254. The van der Waals surface area contributed by atoms with Crippen LogP contribution in [0.15, 0.2) is 53.8 Å². The smallest absolute Gasteiger partial charge is 0.119 e. The maximum Gasteiger partial charge on any atom is 0.119 e. The van der Waals surface area contributed by atoms with E-state index in [1.54, 1.807) is 25.1 Å². The fourth-order valence-electron chi connectivity index (χ4n) is 4.67. The van der Waals surface area contributed by atoms with Crippen molar-refractivity contribution in [3.8, 4) is 5.75 Å². The molecule has 182 valence electrons. The van der Waals surface area contributed by atoms with E-state index in [-0.39, 0.29) is 12.0 Å². The SMILES string of the molecule is COc1ccc2ncc(Cl)c([C@@H](O)CCC3(CO)CCN(CCSc4ccccn4)CC3)c2c1. The van der Waals surface area contributed by atoms with Crippen molar-refractivity contribution in [1.82, 2.24) is 14.9 Å². The zero-order valence-corrected chi connectivity index (χ0v) is 21.1. The Kier molecular flexibility index (Phi) is 8.66. The normalized spacial score (nSPS) is 17.1. The first-order valence-corrected chi connectivity index (χ1v) is 13.1. The molecule has 3 aromatic rings. The van der Waals surface area contributed by atoms with Crippen molar-refractivity contribution in [3.05, 3.63) is 59.4 Å². The lowest BCUT2D eigenvalue weighted by atomic mass is 9.74. The van der Waals surface area contributed by atoms with Gasteiger partial charge in [-0.25, -0.2) is 4.98 Å². The second-order valence-corrected chi connectivity index (χ2v) is 10.5. The summed E-state index contributed by atoms with van der Waals surface area (Å²) < 4.78 is 5.35. The molecule has 0 radical (unpaired) electrons. The number of nitrogens with zero attached hydrogens (tertiary/aromatic N) is 3. The van der Waals surface area contributed by atoms with E-state index in [1.165, 1.54) is 0 Å². The number of fused-ring (bicyclic) bond motifs is 1. The molecule has 2 N–H and O–H groups in total. The highest BCUT2D eigenvalue weighted by atomic mass is 35.5. The molecule has 0 unspecified atom stereocenters. The molecule has 3 heterocycles. The molecule has 0 saturated carbocycles. The van der Waals surface area contributed by atoms with E-state index in [0.29, 0.717) is 22.8 Å². The quantitative estimate of drug-likeness (QED) is 0.379. The fourth-order valence-corrected chi connectivity index (χ4v) is 5.82. The van der Waals surface area contributed by atoms with Crippen LogP contribution in [0.25, 0.3) is 10.9 Å². The maximum atomic E-state index is 11.1. The van der Waals surface area contributed by atoms with Crippen molar-refractivity contribution in [2.45, 2.75) is 36.8 Å². The van der Waals surface area contributed by atoms with Crippen LogP contribution in [0, 0.1) is 5.41 Å². The number of hydrogen-bond donors (Lipinski definition) is 2. The zero-order chi connectivity index (χ0) is 24.0. The number of pyridine rings is 2. The number of benzene rings is 1. The van der Waals surface area contributed by atoms with Gasteiger partial charge in [-0.05, 0) is 74.5 Å². The van der Waals surface area contributed by atoms with Crippen molar-refractivity contribution < 1.29 is 14.9 Å². The van der Waals surface area contributed by atoms with Crippen LogP contribution in [-0.2, 0) is 0 Å². The van der Waals surface area contributed by atoms with E-state index in [2.05, 4.69) is 14.9 Å². The lowest BCUT2D eigenvalue weighted by Crippen LogP contribution is -2.43. The molecule has 1 aliphatic heterocycles. The molecule has 4 rings (SSSR count). The summed E-state index contributed by atoms with van der Waals surface area (Å²) in [7, 11) is 1.61. The predicted octanol–water partition coefficient (Wildman–Crippen LogP) is 4.97. The van der Waals surface area contributed by atoms with Gasteiger partial charge in [-0.1, -0.05) is 17.7 Å². The number of halogens is 1. The molecule has 1 atom stereocenters. The Morgan fingerprint density at radius 1 is 1.21 bits per heavy atom. The fraction of sp³-hybridized carbons (Fsp3) is 0.462. The number of hydrogen-bond acceptors (Lipinski definition) is 7. The Balaban J connectivity index is 1.34. The van der Waals surface area contributed by atoms with E-state index < -0.39 is 6.10 Å². The summed E-state index contributed by atoms with van der Waals surface area (Å²) in [6.07, 6.45) is 5.80. The highest BCUT2D eigenvalue weighted by Crippen LogP contribution is 2.40. The van der Waals surface area contributed by atoms with Crippen LogP contribution in [0.5, 0.6) is 5.75 Å². The Morgan fingerprint density at radius 3 is 2.74 bits per heavy atom. The Labute approximate surface area is 210 Å². The molecule has 0 aliphatic carbocycles. The molecular formula is C26H32ClN3O3S. The maximum absolute atomic E-state index is 11.1. The van der Waals surface area contributed by atoms with Crippen LogP contribution in [0.3, 0.4) is 0 Å². The number of ether oxygens (including phenoxy) is 1. The summed E-state index contributed by atoms with van der Waals surface area (Å²) in [6, 6.07) is 11.6. The average Bonchev–Trinajstić information content (AvgIpc) is 2.88. The van der Waals surface area contributed by atoms with Crippen LogP contribution in [0.1, 0.15) is 37.4 Å². The summed E-state index contributed by atoms with van der Waals surface area (Å²) in [5.74, 6) is 1.70. The van der Waals surface area contributed by atoms with Crippen molar-refractivity contribution >= 4 is 34.3 Å². The number of thioether (sulfide) groups is 1. The number of rotatable bonds is 10. The van der Waals surface area contributed by atoms with Crippen molar-refractivity contribution in [2.24, 2.45) is 5.41 Å². The molecule has 1 saturated heterocycles. The van der Waals surface area contributed by atoms with Gasteiger partial charge in [0.15, 0.2) is 0 Å². The van der Waals surface area contributed by atoms with Crippen LogP contribution in [0.4, 0.5) is 0 Å². The van der Waals surface area contributed by atoms with E-state index in [4.69, 9.17) is 16.3 Å². The molecule has 1 fully saturated rings. The van der Waals surface area contributed by atoms with E-state index >= 15 is 0 Å². The minimum absolute atomic E-state index is 0.134. The average molecular weight is 502 g/mol. The van der Waals surface area contributed by atoms with Crippen molar-refractivity contribution in [2.75, 3.05) is 39.1 Å². The molecule has 34 heavy (non-hydrogen) atoms. The molecule has 0 bridgehead atoms. The predicted molar refractivity (Wildman–Crippen MR) is 138 cm³/mol. The highest BCUT2D eigenvalue weighted by Gasteiger charge is 2.34. The monoisotopic (exact) mass is 501 g/mol. The number of piperidine rings is 1. The summed E-state index contributed by atoms with van der Waals surface area (Å²) >= 11 is 8.24. The number of likely N-dealkylation sites (tertiary alicyclic amines) is 1. The third-order valence-corrected chi connectivity index (χ3v) is 8.12. The Hall–Kier alpha value is -1.90. The van der Waals surface area contributed by atoms with Gasteiger partial charge in [-0.15, -0.1) is 11.8 Å². The number of aliphatic hydroxyl groups excluding tert-OH is 2. The zero-order valence-electron chi connectivity index (χ0n) is 19.5. The number of aromatic nitrogens is 2. The second kappa shape index (κ2) is 11.7. The summed E-state index contributed by atoms with van der Waals surface area (Å²) in [6.45, 7) is 3.05. The van der Waals surface area contributed by atoms with Gasteiger partial charge < -0.3 is 19.8 Å². The number of methoxy groups -OCH3 is 1. The molecule has 0 amide bonds. The summed E-state index contributed by atoms with van der Waals surface area (Å²) in [4.78, 5) is 11.2. The first-order valence-electron chi connectivity index (χ1n) is 11.7. The van der Waals surface area contributed by atoms with E-state index in [0.717, 1.165) is 60.6 Å². The molecule has 2 aromatic heterocycles. The molecule has 8 heteroatoms. The number of aliphatic hydroxyl groups is 2. The van der Waals surface area contributed by atoms with E-state index in [9.17, 15) is 10.2 Å². The Morgan fingerprint density at radius 2 is 2.03 bits per heavy atom. The highest BCUT2D eigenvalue weighted by molar-refractivity contribution is 7.99. The molecule has 6 nitrogen and oxygen atoms in total. The van der Waals surface area contributed by atoms with Crippen LogP contribution < -0.4 is 4.74 Å². The third-order valence-electron chi connectivity index (χ3n) is 6.90. The van der Waals surface area contributed by atoms with Gasteiger partial charge in [0.1, 0.15) is 5.75 Å². The third kappa shape index (κ3) is 6.01. The van der Waals surface area contributed by atoms with Crippen LogP contribution >= 0.6 is 23.4 Å². The van der Waals surface area contributed by atoms with Crippen molar-refractivity contribution in [1.29, 1.82) is 0 Å². The van der Waals surface area contributed by atoms with Gasteiger partial charge in [-0.3, -0.25) is 4.98 Å². The van der Waals surface area contributed by atoms with Gasteiger partial charge in [-0.2, -0.15) is 0 Å². The topological polar surface area (TPSA) is 78.7 Å². The standard InChI is InChI=1S/C26H32ClN3O3S/c1-33-19-5-6-22-20(16-19)25(21(27)17-29-22)23(32)7-8-26(18-31)9-12-30(13-10-26)14-15-34-24-4-2-3-11-28-24/h2-6,11,16-17,23,31-32H,7-10,12-15,18H2,1H3/t23-/m0/s1. The Bertz CT molecular complexity index is 1080. The molecule has 1 aromatic carbocycles. The minimum atomic E-state index is -0.735. The first-order chi connectivity index (χ1) is 16.5. The van der Waals surface area contributed by atoms with Gasteiger partial charge in [0.25, 0.3) is 0 Å². The summed E-state index contributed by atoms with van der Waals surface area (Å²) in [5.41, 5.74) is 1.29. The van der Waals surface area contributed by atoms with Crippen LogP contribution in [-0.4, -0.2) is 64.2 Å². The largest absolute Gasteiger partial charge is 0.497 e. The van der Waals surface area contributed by atoms with Gasteiger partial charge in [0.2, 0.25) is 0 Å². The van der Waals surface area contributed by atoms with Gasteiger partial charge in [0, 0.05) is 42.2 Å². The molecular weight excluding hydrogens is 470 g/mol. The summed E-state index contributed by atoms with van der Waals surface area (Å²) in [5, 5.41) is 23.7. The van der Waals surface area contributed by atoms with Gasteiger partial charge >= 0.3 is 0 Å². The van der Waals surface area contributed by atoms with Crippen LogP contribution in [0.2, 0.25) is 5.02 Å². The van der Waals surface area contributed by atoms with Crippen molar-refractivity contribution in [3.63, 3.8) is 0 Å². The second-order valence-electron chi connectivity index (χ2n) is 8.97. The van der Waals surface area contributed by atoms with Gasteiger partial charge in [0.05, 0.1) is 28.8 Å². The van der Waals surface area contributed by atoms with E-state index in [1.807, 2.05) is 42.6 Å². The molecule has 1 aliphatic rings. The molecule has 0 spiro atoms. The minimum Gasteiger partial charge on any atom is -0.497 e. The first kappa shape index (κ1) is 25.2. The lowest BCUT2D eigenvalue weighted by Gasteiger charge is -2.41.